The van der Waals surface area contributed by atoms with Crippen molar-refractivity contribution in [2.45, 2.75) is 24.4 Å². The van der Waals surface area contributed by atoms with Crippen LogP contribution in [0, 0.1) is 0 Å². The Morgan fingerprint density at radius 2 is 1.55 bits per heavy atom. The van der Waals surface area contributed by atoms with Crippen LogP contribution in [0.5, 0.6) is 0 Å². The lowest BCUT2D eigenvalue weighted by molar-refractivity contribution is 0.554. The van der Waals surface area contributed by atoms with Gasteiger partial charge in [-0.2, -0.15) is 4.98 Å². The van der Waals surface area contributed by atoms with E-state index in [1.54, 1.807) is 0 Å². The lowest BCUT2D eigenvalue weighted by Crippen LogP contribution is -2.34. The number of para-hydroxylation sites is 1. The van der Waals surface area contributed by atoms with Crippen LogP contribution in [0.15, 0.2) is 101 Å². The summed E-state index contributed by atoms with van der Waals surface area (Å²) in [5.41, 5.74) is 3.44. The SMILES string of the molecule is CC(Cc1c[nH]c2ccccc12)NS(=O)(=O)c1nc(-c2ccccc2)oc1-c1ccccc1. The minimum atomic E-state index is -3.95. The van der Waals surface area contributed by atoms with Crippen LogP contribution in [-0.4, -0.2) is 24.4 Å². The summed E-state index contributed by atoms with van der Waals surface area (Å²) in [5, 5.41) is 0.972. The van der Waals surface area contributed by atoms with Crippen molar-refractivity contribution < 1.29 is 12.8 Å². The van der Waals surface area contributed by atoms with Gasteiger partial charge in [-0.3, -0.25) is 0 Å². The first kappa shape index (κ1) is 21.2. The van der Waals surface area contributed by atoms with Gasteiger partial charge in [-0.1, -0.05) is 66.7 Å². The molecule has 2 N–H and O–H groups in total. The number of rotatable bonds is 7. The van der Waals surface area contributed by atoms with Gasteiger partial charge in [-0.05, 0) is 37.1 Å². The number of aromatic amines is 1. The lowest BCUT2D eigenvalue weighted by Gasteiger charge is -2.13. The van der Waals surface area contributed by atoms with Gasteiger partial charge in [0, 0.05) is 34.3 Å². The molecule has 5 rings (SSSR count). The first-order chi connectivity index (χ1) is 16.0. The summed E-state index contributed by atoms with van der Waals surface area (Å²) in [5.74, 6) is 0.486. The van der Waals surface area contributed by atoms with E-state index in [9.17, 15) is 8.42 Å². The molecule has 0 spiro atoms. The van der Waals surface area contributed by atoms with E-state index in [1.807, 2.05) is 98.0 Å². The topological polar surface area (TPSA) is 88.0 Å². The molecule has 2 heterocycles. The molecule has 7 heteroatoms. The van der Waals surface area contributed by atoms with E-state index in [0.717, 1.165) is 16.5 Å². The summed E-state index contributed by atoms with van der Waals surface area (Å²) in [6.07, 6.45) is 2.46. The zero-order valence-corrected chi connectivity index (χ0v) is 18.8. The molecule has 0 saturated heterocycles. The fourth-order valence-electron chi connectivity index (χ4n) is 3.96. The molecule has 2 aromatic heterocycles. The summed E-state index contributed by atoms with van der Waals surface area (Å²) in [7, 11) is -3.95. The first-order valence-corrected chi connectivity index (χ1v) is 12.2. The number of H-pyrrole nitrogens is 1. The highest BCUT2D eigenvalue weighted by Crippen LogP contribution is 2.32. The van der Waals surface area contributed by atoms with Crippen LogP contribution in [0.4, 0.5) is 0 Å². The van der Waals surface area contributed by atoms with Crippen molar-refractivity contribution in [1.82, 2.24) is 14.7 Å². The third-order valence-electron chi connectivity index (χ3n) is 5.46. The Kier molecular flexibility index (Phi) is 5.58. The molecule has 0 radical (unpaired) electrons. The Hall–Kier alpha value is -3.68. The van der Waals surface area contributed by atoms with Gasteiger partial charge in [0.05, 0.1) is 0 Å². The predicted molar refractivity (Wildman–Crippen MR) is 129 cm³/mol. The fourth-order valence-corrected chi connectivity index (χ4v) is 5.29. The highest BCUT2D eigenvalue weighted by Gasteiger charge is 2.29. The molecule has 0 bridgehead atoms. The van der Waals surface area contributed by atoms with Gasteiger partial charge in [-0.15, -0.1) is 0 Å². The molecule has 1 unspecified atom stereocenters. The van der Waals surface area contributed by atoms with Crippen molar-refractivity contribution in [3.63, 3.8) is 0 Å². The average Bonchev–Trinajstić information content (AvgIpc) is 3.46. The van der Waals surface area contributed by atoms with E-state index < -0.39 is 10.0 Å². The van der Waals surface area contributed by atoms with E-state index in [-0.39, 0.29) is 22.7 Å². The average molecular weight is 458 g/mol. The van der Waals surface area contributed by atoms with Crippen molar-refractivity contribution in [2.75, 3.05) is 0 Å². The van der Waals surface area contributed by atoms with Crippen LogP contribution in [0.3, 0.4) is 0 Å². The monoisotopic (exact) mass is 457 g/mol. The van der Waals surface area contributed by atoms with E-state index in [2.05, 4.69) is 14.7 Å². The first-order valence-electron chi connectivity index (χ1n) is 10.7. The van der Waals surface area contributed by atoms with E-state index in [4.69, 9.17) is 4.42 Å². The van der Waals surface area contributed by atoms with E-state index >= 15 is 0 Å². The third kappa shape index (κ3) is 4.33. The molecule has 0 aliphatic heterocycles. The number of nitrogens with zero attached hydrogens (tertiary/aromatic N) is 1. The summed E-state index contributed by atoms with van der Waals surface area (Å²) >= 11 is 0. The van der Waals surface area contributed by atoms with Gasteiger partial charge in [-0.25, -0.2) is 13.1 Å². The highest BCUT2D eigenvalue weighted by molar-refractivity contribution is 7.89. The van der Waals surface area contributed by atoms with Crippen molar-refractivity contribution >= 4 is 20.9 Å². The maximum Gasteiger partial charge on any atom is 0.262 e. The second-order valence-electron chi connectivity index (χ2n) is 7.97. The van der Waals surface area contributed by atoms with Crippen molar-refractivity contribution in [1.29, 1.82) is 0 Å². The molecule has 0 aliphatic carbocycles. The highest BCUT2D eigenvalue weighted by atomic mass is 32.2. The van der Waals surface area contributed by atoms with Gasteiger partial charge in [0.2, 0.25) is 10.9 Å². The maximum absolute atomic E-state index is 13.4. The quantitative estimate of drug-likeness (QED) is 0.343. The second kappa shape index (κ2) is 8.69. The van der Waals surface area contributed by atoms with Gasteiger partial charge < -0.3 is 9.40 Å². The maximum atomic E-state index is 13.4. The number of hydrogen-bond donors (Lipinski definition) is 2. The van der Waals surface area contributed by atoms with Crippen LogP contribution in [-0.2, 0) is 16.4 Å². The molecular formula is C26H23N3O3S. The van der Waals surface area contributed by atoms with Crippen molar-refractivity contribution in [3.05, 3.63) is 96.7 Å². The Morgan fingerprint density at radius 1 is 0.909 bits per heavy atom. The predicted octanol–water partition coefficient (Wildman–Crippen LogP) is 5.40. The number of fused-ring (bicyclic) bond motifs is 1. The summed E-state index contributed by atoms with van der Waals surface area (Å²) < 4.78 is 35.6. The van der Waals surface area contributed by atoms with Crippen LogP contribution in [0.25, 0.3) is 33.7 Å². The molecule has 0 amide bonds. The minimum absolute atomic E-state index is 0.113. The molecular weight excluding hydrogens is 434 g/mol. The number of aromatic nitrogens is 2. The number of sulfonamides is 1. The number of oxazole rings is 1. The smallest absolute Gasteiger partial charge is 0.262 e. The zero-order chi connectivity index (χ0) is 22.8. The Labute approximate surface area is 192 Å². The normalized spacial score (nSPS) is 12.8. The molecule has 1 atom stereocenters. The Morgan fingerprint density at radius 3 is 2.27 bits per heavy atom. The van der Waals surface area contributed by atoms with Crippen LogP contribution in [0.1, 0.15) is 12.5 Å². The molecule has 6 nitrogen and oxygen atoms in total. The number of hydrogen-bond acceptors (Lipinski definition) is 4. The fraction of sp³-hybridized carbons (Fsp3) is 0.115. The van der Waals surface area contributed by atoms with Crippen LogP contribution >= 0.6 is 0 Å². The summed E-state index contributed by atoms with van der Waals surface area (Å²) in [6.45, 7) is 1.85. The van der Waals surface area contributed by atoms with Gasteiger partial charge >= 0.3 is 0 Å². The summed E-state index contributed by atoms with van der Waals surface area (Å²) in [4.78, 5) is 7.64. The second-order valence-corrected chi connectivity index (χ2v) is 9.60. The molecule has 3 aromatic carbocycles. The molecule has 166 valence electrons. The Bertz CT molecular complexity index is 1490. The molecule has 5 aromatic rings. The van der Waals surface area contributed by atoms with E-state index in [1.165, 1.54) is 0 Å². The zero-order valence-electron chi connectivity index (χ0n) is 18.0. The molecule has 0 saturated carbocycles. The lowest BCUT2D eigenvalue weighted by atomic mass is 10.1. The van der Waals surface area contributed by atoms with Gasteiger partial charge in [0.25, 0.3) is 10.0 Å². The third-order valence-corrected chi connectivity index (χ3v) is 6.96. The standard InChI is InChI=1S/C26H23N3O3S/c1-18(16-21-17-27-23-15-9-8-14-22(21)23)29-33(30,31)26-24(19-10-4-2-5-11-19)32-25(28-26)20-12-6-3-7-13-20/h2-15,17-18,27,29H,16H2,1H3. The van der Waals surface area contributed by atoms with Crippen molar-refractivity contribution in [3.8, 4) is 22.8 Å². The molecule has 33 heavy (non-hydrogen) atoms. The molecule has 0 fully saturated rings. The molecule has 0 aliphatic rings. The van der Waals surface area contributed by atoms with Gasteiger partial charge in [0.1, 0.15) is 0 Å². The number of benzene rings is 3. The Balaban J connectivity index is 1.48. The minimum Gasteiger partial charge on any atom is -0.435 e. The van der Waals surface area contributed by atoms with Crippen LogP contribution in [0.2, 0.25) is 0 Å². The summed E-state index contributed by atoms with van der Waals surface area (Å²) in [6, 6.07) is 26.1. The van der Waals surface area contributed by atoms with E-state index in [0.29, 0.717) is 17.5 Å². The van der Waals surface area contributed by atoms with Crippen LogP contribution < -0.4 is 4.72 Å². The largest absolute Gasteiger partial charge is 0.435 e. The van der Waals surface area contributed by atoms with Crippen molar-refractivity contribution in [2.24, 2.45) is 0 Å². The van der Waals surface area contributed by atoms with Gasteiger partial charge in [0.15, 0.2) is 5.76 Å². The number of nitrogens with one attached hydrogen (secondary N) is 2.